The van der Waals surface area contributed by atoms with E-state index in [-0.39, 0.29) is 0 Å². The van der Waals surface area contributed by atoms with Crippen LogP contribution in [0.3, 0.4) is 0 Å². The summed E-state index contributed by atoms with van der Waals surface area (Å²) >= 11 is 0. The van der Waals surface area contributed by atoms with Crippen LogP contribution in [0.2, 0.25) is 0 Å². The molecule has 0 aliphatic carbocycles. The van der Waals surface area contributed by atoms with E-state index in [1.165, 1.54) is 0 Å². The first kappa shape index (κ1) is 12.7. The van der Waals surface area contributed by atoms with Crippen molar-refractivity contribution in [1.82, 2.24) is 4.44 Å². The maximum atomic E-state index is 10.4. The Bertz CT molecular complexity index is 265. The molecule has 0 heterocycles. The molecule has 9 nitrogen and oxygen atoms in total. The van der Waals surface area contributed by atoms with Crippen molar-refractivity contribution in [2.75, 3.05) is 6.54 Å². The molecule has 0 amide bonds. The summed E-state index contributed by atoms with van der Waals surface area (Å²) in [5.41, 5.74) is 0. The van der Waals surface area contributed by atoms with E-state index in [1.807, 2.05) is 0 Å². The van der Waals surface area contributed by atoms with Crippen LogP contribution >= 0.6 is 15.5 Å². The largest absolute Gasteiger partial charge is 0.480 e. The fourth-order valence-corrected chi connectivity index (χ4v) is 2.28. The lowest BCUT2D eigenvalue weighted by Gasteiger charge is -2.20. The van der Waals surface area contributed by atoms with Crippen molar-refractivity contribution in [3.63, 3.8) is 0 Å². The number of hydrogen-bond donors (Lipinski definition) is 5. The van der Waals surface area contributed by atoms with Gasteiger partial charge in [-0.3, -0.25) is 4.79 Å². The van der Waals surface area contributed by atoms with E-state index in [9.17, 15) is 13.9 Å². The first-order chi connectivity index (χ1) is 5.55. The zero-order valence-corrected chi connectivity index (χ0v) is 7.80. The van der Waals surface area contributed by atoms with E-state index in [2.05, 4.69) is 0 Å². The highest BCUT2D eigenvalue weighted by Gasteiger charge is 2.41. The van der Waals surface area contributed by atoms with Gasteiger partial charge in [0.05, 0.1) is 0 Å². The molecule has 13 heavy (non-hydrogen) atoms. The number of rotatable bonds is 4. The van der Waals surface area contributed by atoms with Gasteiger partial charge in [0.25, 0.3) is 0 Å². The van der Waals surface area contributed by atoms with Gasteiger partial charge in [-0.15, -0.1) is 0 Å². The summed E-state index contributed by atoms with van der Waals surface area (Å²) in [4.78, 5) is 43.3. The third-order valence-electron chi connectivity index (χ3n) is 0.878. The molecular weight excluding hydrogens is 228 g/mol. The molecule has 78 valence electrons. The summed E-state index contributed by atoms with van der Waals surface area (Å²) in [6.07, 6.45) is 0. The fourth-order valence-electron chi connectivity index (χ4n) is 0.457. The van der Waals surface area contributed by atoms with Gasteiger partial charge < -0.3 is 24.7 Å². The Morgan fingerprint density at radius 3 is 1.46 bits per heavy atom. The van der Waals surface area contributed by atoms with E-state index in [4.69, 9.17) is 24.7 Å². The molecule has 0 aromatic carbocycles. The van der Waals surface area contributed by atoms with Gasteiger partial charge in [0.15, 0.2) is 0 Å². The molecule has 0 fully saturated rings. The van der Waals surface area contributed by atoms with Crippen LogP contribution in [0.5, 0.6) is 0 Å². The van der Waals surface area contributed by atoms with Crippen molar-refractivity contribution in [2.24, 2.45) is 0 Å². The van der Waals surface area contributed by atoms with Crippen LogP contribution in [0.1, 0.15) is 0 Å². The Morgan fingerprint density at radius 2 is 1.38 bits per heavy atom. The monoisotopic (exact) mass is 235 g/mol. The van der Waals surface area contributed by atoms with Crippen LogP contribution in [0.25, 0.3) is 0 Å². The SMILES string of the molecule is O=C(O)CN(P(=O)(O)O)P(=O)(O)O. The number of carbonyl (C=O) groups is 1. The molecule has 0 atom stereocenters. The summed E-state index contributed by atoms with van der Waals surface area (Å²) in [6.45, 7) is -1.44. The van der Waals surface area contributed by atoms with Crippen molar-refractivity contribution >= 4 is 21.5 Å². The normalized spacial score (nSPS) is 13.3. The lowest BCUT2D eigenvalue weighted by Crippen LogP contribution is -2.24. The average Bonchev–Trinajstić information content (AvgIpc) is 1.77. The Hall–Kier alpha value is -0.270. The fraction of sp³-hybridized carbons (Fsp3) is 0.500. The minimum absolute atomic E-state index is 0.692. The molecular formula is C2H7NO8P2. The zero-order chi connectivity index (χ0) is 10.9. The number of carboxylic acids is 1. The number of hydrogen-bond acceptors (Lipinski definition) is 3. The third-order valence-corrected chi connectivity index (χ3v) is 3.76. The van der Waals surface area contributed by atoms with Crippen LogP contribution < -0.4 is 0 Å². The Balaban J connectivity index is 4.90. The van der Waals surface area contributed by atoms with E-state index in [0.29, 0.717) is 0 Å². The zero-order valence-electron chi connectivity index (χ0n) is 6.01. The van der Waals surface area contributed by atoms with Gasteiger partial charge in [0, 0.05) is 0 Å². The molecule has 0 aromatic heterocycles. The van der Waals surface area contributed by atoms with E-state index < -0.39 is 32.4 Å². The minimum atomic E-state index is -5.26. The molecule has 0 unspecified atom stereocenters. The number of aliphatic carboxylic acids is 1. The molecule has 0 aliphatic heterocycles. The molecule has 11 heteroatoms. The molecule has 0 aliphatic rings. The molecule has 0 bridgehead atoms. The molecule has 0 spiro atoms. The molecule has 0 aromatic rings. The van der Waals surface area contributed by atoms with Gasteiger partial charge in [-0.2, -0.15) is 0 Å². The second kappa shape index (κ2) is 3.85. The second-order valence-corrected chi connectivity index (χ2v) is 5.29. The summed E-state index contributed by atoms with van der Waals surface area (Å²) in [5.74, 6) is -1.76. The summed E-state index contributed by atoms with van der Waals surface area (Å²) in [6, 6.07) is 0. The summed E-state index contributed by atoms with van der Waals surface area (Å²) in [7, 11) is -10.5. The van der Waals surface area contributed by atoms with Crippen molar-refractivity contribution < 1.29 is 38.6 Å². The number of nitrogens with zero attached hydrogens (tertiary/aromatic N) is 1. The van der Waals surface area contributed by atoms with Crippen molar-refractivity contribution in [1.29, 1.82) is 0 Å². The van der Waals surface area contributed by atoms with Crippen LogP contribution in [-0.4, -0.2) is 41.6 Å². The first-order valence-corrected chi connectivity index (χ1v) is 5.79. The Morgan fingerprint density at radius 1 is 1.08 bits per heavy atom. The highest BCUT2D eigenvalue weighted by atomic mass is 31.3. The highest BCUT2D eigenvalue weighted by Crippen LogP contribution is 2.57. The van der Waals surface area contributed by atoms with E-state index in [1.54, 1.807) is 0 Å². The van der Waals surface area contributed by atoms with E-state index in [0.717, 1.165) is 0 Å². The molecule has 0 radical (unpaired) electrons. The minimum Gasteiger partial charge on any atom is -0.480 e. The van der Waals surface area contributed by atoms with Crippen molar-refractivity contribution in [3.8, 4) is 0 Å². The molecule has 0 rings (SSSR count). The predicted molar refractivity (Wildman–Crippen MR) is 38.4 cm³/mol. The standard InChI is InChI=1S/C2H7NO8P2/c4-2(5)1-3(12(6,7)8)13(9,10)11/h1H2,(H,4,5)(H2,6,7,8)(H2,9,10,11). The maximum absolute atomic E-state index is 10.4. The van der Waals surface area contributed by atoms with Crippen LogP contribution in [-0.2, 0) is 13.9 Å². The highest BCUT2D eigenvalue weighted by molar-refractivity contribution is 7.65. The van der Waals surface area contributed by atoms with Gasteiger partial charge in [0.1, 0.15) is 6.54 Å². The first-order valence-electron chi connectivity index (χ1n) is 2.66. The molecule has 0 saturated heterocycles. The van der Waals surface area contributed by atoms with Gasteiger partial charge in [-0.05, 0) is 0 Å². The lowest BCUT2D eigenvalue weighted by molar-refractivity contribution is -0.136. The Kier molecular flexibility index (Phi) is 3.77. The summed E-state index contributed by atoms with van der Waals surface area (Å²) in [5, 5.41) is 8.08. The van der Waals surface area contributed by atoms with Crippen molar-refractivity contribution in [2.45, 2.75) is 0 Å². The average molecular weight is 235 g/mol. The smallest absolute Gasteiger partial charge is 0.413 e. The van der Waals surface area contributed by atoms with Crippen LogP contribution in [0, 0.1) is 0 Å². The second-order valence-electron chi connectivity index (χ2n) is 1.95. The molecule has 5 N–H and O–H groups in total. The molecule has 0 saturated carbocycles. The van der Waals surface area contributed by atoms with Crippen molar-refractivity contribution in [3.05, 3.63) is 0 Å². The van der Waals surface area contributed by atoms with Gasteiger partial charge in [0.2, 0.25) is 0 Å². The quantitative estimate of drug-likeness (QED) is 0.368. The maximum Gasteiger partial charge on any atom is 0.413 e. The van der Waals surface area contributed by atoms with Crippen LogP contribution in [0.4, 0.5) is 0 Å². The number of carboxylic acid groups (broad SMARTS) is 1. The Labute approximate surface area is 72.0 Å². The lowest BCUT2D eigenvalue weighted by atomic mass is 10.7. The van der Waals surface area contributed by atoms with E-state index >= 15 is 0 Å². The third kappa shape index (κ3) is 4.49. The van der Waals surface area contributed by atoms with Gasteiger partial charge >= 0.3 is 21.5 Å². The van der Waals surface area contributed by atoms with Gasteiger partial charge in [-0.1, -0.05) is 4.44 Å². The van der Waals surface area contributed by atoms with Gasteiger partial charge in [-0.25, -0.2) is 9.13 Å². The topological polar surface area (TPSA) is 156 Å². The summed E-state index contributed by atoms with van der Waals surface area (Å²) < 4.78 is 20.1. The predicted octanol–water partition coefficient (Wildman–Crippen LogP) is -1.44. The van der Waals surface area contributed by atoms with Crippen LogP contribution in [0.15, 0.2) is 0 Å².